The molecule has 2 aromatic carbocycles. The van der Waals surface area contributed by atoms with Gasteiger partial charge in [0.05, 0.1) is 12.0 Å². The van der Waals surface area contributed by atoms with Crippen molar-refractivity contribution in [3.63, 3.8) is 0 Å². The molecule has 0 fully saturated rings. The molecule has 0 saturated heterocycles. The van der Waals surface area contributed by atoms with Gasteiger partial charge in [-0.15, -0.1) is 0 Å². The van der Waals surface area contributed by atoms with Gasteiger partial charge in [-0.3, -0.25) is 4.79 Å². The van der Waals surface area contributed by atoms with E-state index in [0.717, 1.165) is 16.8 Å². The van der Waals surface area contributed by atoms with E-state index in [1.807, 2.05) is 31.2 Å². The van der Waals surface area contributed by atoms with Gasteiger partial charge in [0.15, 0.2) is 0 Å². The van der Waals surface area contributed by atoms with Crippen LogP contribution >= 0.6 is 0 Å². The molecule has 3 N–H and O–H groups in total. The number of rotatable bonds is 11. The lowest BCUT2D eigenvalue weighted by molar-refractivity contribution is -0.142. The smallest absolute Gasteiger partial charge is 0.323 e. The Hall–Kier alpha value is -2.91. The molecular formula is C24H33N3O5S. The second-order valence-corrected chi connectivity index (χ2v) is 9.84. The summed E-state index contributed by atoms with van der Waals surface area (Å²) >= 11 is 0. The number of para-hydroxylation sites is 1. The van der Waals surface area contributed by atoms with Gasteiger partial charge in [0.1, 0.15) is 6.04 Å². The molecule has 1 atom stereocenters. The van der Waals surface area contributed by atoms with Crippen LogP contribution in [0.5, 0.6) is 0 Å². The largest absolute Gasteiger partial charge is 0.468 e. The van der Waals surface area contributed by atoms with Crippen molar-refractivity contribution < 1.29 is 22.7 Å². The second kappa shape index (κ2) is 12.4. The summed E-state index contributed by atoms with van der Waals surface area (Å²) in [6.45, 7) is 6.36. The highest BCUT2D eigenvalue weighted by Gasteiger charge is 2.26. The molecule has 8 nitrogen and oxygen atoms in total. The maximum Gasteiger partial charge on any atom is 0.323 e. The Morgan fingerprint density at radius 1 is 1.00 bits per heavy atom. The normalized spacial score (nSPS) is 12.3. The summed E-state index contributed by atoms with van der Waals surface area (Å²) < 4.78 is 32.4. The lowest BCUT2D eigenvalue weighted by atomic mass is 10.0. The van der Waals surface area contributed by atoms with E-state index in [0.29, 0.717) is 19.4 Å². The third-order valence-corrected chi connectivity index (χ3v) is 6.64. The second-order valence-electron chi connectivity index (χ2n) is 8.13. The summed E-state index contributed by atoms with van der Waals surface area (Å²) in [6.07, 6.45) is 1.33. The fourth-order valence-electron chi connectivity index (χ4n) is 3.30. The Balaban J connectivity index is 1.84. The lowest BCUT2D eigenvalue weighted by Crippen LogP contribution is -2.41. The number of hydrogen-bond acceptors (Lipinski definition) is 5. The van der Waals surface area contributed by atoms with Crippen LogP contribution in [0, 0.1) is 6.92 Å². The number of urea groups is 1. The summed E-state index contributed by atoms with van der Waals surface area (Å²) in [5.41, 5.74) is 2.75. The van der Waals surface area contributed by atoms with Crippen LogP contribution in [0.2, 0.25) is 0 Å². The zero-order chi connectivity index (χ0) is 24.4. The summed E-state index contributed by atoms with van der Waals surface area (Å²) in [7, 11) is -2.65. The van der Waals surface area contributed by atoms with Gasteiger partial charge >= 0.3 is 12.0 Å². The van der Waals surface area contributed by atoms with E-state index in [1.54, 1.807) is 12.1 Å². The Kier molecular flexibility index (Phi) is 9.87. The number of benzene rings is 2. The first-order valence-corrected chi connectivity index (χ1v) is 12.4. The molecule has 0 bridgehead atoms. The molecule has 0 aliphatic heterocycles. The third kappa shape index (κ3) is 8.18. The standard InChI is InChI=1S/C24H33N3O5S/c1-17(2)20-9-5-6-10-21(20)26-24(29)25-16-8-7-11-22(23(28)32-4)27-33(30,31)19-14-12-18(3)13-15-19/h5-6,9-10,12-15,17,22,27H,7-8,11,16H2,1-4H3,(H2,25,26,29). The van der Waals surface area contributed by atoms with Crippen LogP contribution in [0.4, 0.5) is 10.5 Å². The summed E-state index contributed by atoms with van der Waals surface area (Å²) in [5, 5.41) is 5.64. The van der Waals surface area contributed by atoms with Crippen LogP contribution < -0.4 is 15.4 Å². The molecule has 0 radical (unpaired) electrons. The van der Waals surface area contributed by atoms with Gasteiger partial charge in [0, 0.05) is 12.2 Å². The van der Waals surface area contributed by atoms with Gasteiger partial charge < -0.3 is 15.4 Å². The molecule has 2 rings (SSSR count). The number of aryl methyl sites for hydroxylation is 1. The van der Waals surface area contributed by atoms with Crippen LogP contribution in [-0.4, -0.2) is 40.1 Å². The maximum absolute atomic E-state index is 12.6. The molecule has 0 aliphatic rings. The number of carbonyl (C=O) groups is 2. The van der Waals surface area contributed by atoms with E-state index in [2.05, 4.69) is 29.2 Å². The van der Waals surface area contributed by atoms with Gasteiger partial charge in [-0.2, -0.15) is 4.72 Å². The molecule has 9 heteroatoms. The van der Waals surface area contributed by atoms with Crippen LogP contribution in [-0.2, 0) is 19.6 Å². The topological polar surface area (TPSA) is 114 Å². The molecule has 33 heavy (non-hydrogen) atoms. The van der Waals surface area contributed by atoms with Crippen molar-refractivity contribution >= 4 is 27.7 Å². The summed E-state index contributed by atoms with van der Waals surface area (Å²) in [5.74, 6) is -0.373. The highest BCUT2D eigenvalue weighted by molar-refractivity contribution is 7.89. The minimum Gasteiger partial charge on any atom is -0.468 e. The highest BCUT2D eigenvalue weighted by Crippen LogP contribution is 2.23. The number of amides is 2. The predicted molar refractivity (Wildman–Crippen MR) is 129 cm³/mol. The average Bonchev–Trinajstić information content (AvgIpc) is 2.78. The van der Waals surface area contributed by atoms with Crippen molar-refractivity contribution in [3.8, 4) is 0 Å². The molecule has 180 valence electrons. The van der Waals surface area contributed by atoms with E-state index in [4.69, 9.17) is 4.74 Å². The predicted octanol–water partition coefficient (Wildman–Crippen LogP) is 3.93. The minimum atomic E-state index is -3.86. The molecule has 0 aliphatic carbocycles. The van der Waals surface area contributed by atoms with E-state index in [-0.39, 0.29) is 23.3 Å². The number of nitrogens with one attached hydrogen (secondary N) is 3. The van der Waals surface area contributed by atoms with Crippen LogP contribution in [0.25, 0.3) is 0 Å². The monoisotopic (exact) mass is 475 g/mol. The molecule has 1 unspecified atom stereocenters. The Morgan fingerprint density at radius 3 is 2.30 bits per heavy atom. The molecule has 0 aromatic heterocycles. The maximum atomic E-state index is 12.6. The molecule has 0 heterocycles. The SMILES string of the molecule is COC(=O)C(CCCCNC(=O)Nc1ccccc1C(C)C)NS(=O)(=O)c1ccc(C)cc1. The Bertz CT molecular complexity index is 1040. The number of hydrogen-bond donors (Lipinski definition) is 3. The van der Waals surface area contributed by atoms with Crippen molar-refractivity contribution in [3.05, 3.63) is 59.7 Å². The molecule has 2 amide bonds. The zero-order valence-electron chi connectivity index (χ0n) is 19.6. The molecule has 2 aromatic rings. The summed E-state index contributed by atoms with van der Waals surface area (Å²) in [4.78, 5) is 24.4. The van der Waals surface area contributed by atoms with Crippen molar-refractivity contribution in [2.24, 2.45) is 0 Å². The lowest BCUT2D eigenvalue weighted by Gasteiger charge is -2.17. The summed E-state index contributed by atoms with van der Waals surface area (Å²) in [6, 6.07) is 12.7. The number of esters is 1. The first kappa shape index (κ1) is 26.3. The first-order chi connectivity index (χ1) is 15.6. The first-order valence-electron chi connectivity index (χ1n) is 10.9. The average molecular weight is 476 g/mol. The van der Waals surface area contributed by atoms with Crippen LogP contribution in [0.3, 0.4) is 0 Å². The van der Waals surface area contributed by atoms with Gasteiger partial charge in [-0.25, -0.2) is 13.2 Å². The molecular weight excluding hydrogens is 442 g/mol. The number of anilines is 1. The van der Waals surface area contributed by atoms with Gasteiger partial charge in [-0.05, 0) is 55.9 Å². The van der Waals surface area contributed by atoms with Crippen LogP contribution in [0.1, 0.15) is 50.2 Å². The molecule has 0 spiro atoms. The highest BCUT2D eigenvalue weighted by atomic mass is 32.2. The van der Waals surface area contributed by atoms with E-state index < -0.39 is 22.0 Å². The van der Waals surface area contributed by atoms with Crippen molar-refractivity contribution in [1.29, 1.82) is 0 Å². The van der Waals surface area contributed by atoms with Gasteiger partial charge in [-0.1, -0.05) is 49.7 Å². The van der Waals surface area contributed by atoms with E-state index >= 15 is 0 Å². The number of methoxy groups -OCH3 is 1. The van der Waals surface area contributed by atoms with Gasteiger partial charge in [0.25, 0.3) is 0 Å². The number of ether oxygens (including phenoxy) is 1. The van der Waals surface area contributed by atoms with Crippen molar-refractivity contribution in [1.82, 2.24) is 10.0 Å². The number of unbranched alkanes of at least 4 members (excludes halogenated alkanes) is 1. The van der Waals surface area contributed by atoms with E-state index in [1.165, 1.54) is 19.2 Å². The fraction of sp³-hybridized carbons (Fsp3) is 0.417. The van der Waals surface area contributed by atoms with E-state index in [9.17, 15) is 18.0 Å². The van der Waals surface area contributed by atoms with Crippen molar-refractivity contribution in [2.75, 3.05) is 19.0 Å². The number of carbonyl (C=O) groups excluding carboxylic acids is 2. The third-order valence-electron chi connectivity index (χ3n) is 5.15. The van der Waals surface area contributed by atoms with Crippen LogP contribution in [0.15, 0.2) is 53.4 Å². The Labute approximate surface area is 196 Å². The zero-order valence-corrected chi connectivity index (χ0v) is 20.4. The van der Waals surface area contributed by atoms with Crippen molar-refractivity contribution in [2.45, 2.75) is 56.9 Å². The minimum absolute atomic E-state index is 0.0852. The van der Waals surface area contributed by atoms with Gasteiger partial charge in [0.2, 0.25) is 10.0 Å². The Morgan fingerprint density at radius 2 is 1.67 bits per heavy atom. The fourth-order valence-corrected chi connectivity index (χ4v) is 4.52. The number of sulfonamides is 1. The quantitative estimate of drug-likeness (QED) is 0.337. The molecule has 0 saturated carbocycles.